The average molecular weight is 369 g/mol. The second-order valence-electron chi connectivity index (χ2n) is 6.16. The SMILES string of the molecule is O=c1[nH]cc(Cl)cc1CN1CCC(OCc2c(F)cccc2F)CC1. The number of nitrogens with one attached hydrogen (secondary N) is 1. The Morgan fingerprint density at radius 2 is 1.92 bits per heavy atom. The lowest BCUT2D eigenvalue weighted by atomic mass is 10.1. The zero-order valence-corrected chi connectivity index (χ0v) is 14.4. The van der Waals surface area contributed by atoms with Crippen LogP contribution in [0.25, 0.3) is 0 Å². The van der Waals surface area contributed by atoms with Crippen LogP contribution in [0.3, 0.4) is 0 Å². The molecule has 1 N–H and O–H groups in total. The molecule has 0 bridgehead atoms. The quantitative estimate of drug-likeness (QED) is 0.878. The molecule has 0 spiro atoms. The van der Waals surface area contributed by atoms with Crippen molar-refractivity contribution in [1.82, 2.24) is 9.88 Å². The number of pyridine rings is 1. The van der Waals surface area contributed by atoms with Crippen molar-refractivity contribution in [2.24, 2.45) is 0 Å². The fourth-order valence-electron chi connectivity index (χ4n) is 2.96. The highest BCUT2D eigenvalue weighted by Crippen LogP contribution is 2.20. The molecular weight excluding hydrogens is 350 g/mol. The minimum absolute atomic E-state index is 0.0320. The standard InChI is InChI=1S/C18H19ClF2N2O2/c19-13-8-12(18(24)22-9-13)10-23-6-4-14(5-7-23)25-11-15-16(20)2-1-3-17(15)21/h1-3,8-9,14H,4-7,10-11H2,(H,22,24). The summed E-state index contributed by atoms with van der Waals surface area (Å²) in [7, 11) is 0. The number of aromatic nitrogens is 1. The van der Waals surface area contributed by atoms with E-state index in [2.05, 4.69) is 9.88 Å². The van der Waals surface area contributed by atoms with E-state index in [0.717, 1.165) is 25.9 Å². The van der Waals surface area contributed by atoms with Crippen LogP contribution in [0.2, 0.25) is 5.02 Å². The van der Waals surface area contributed by atoms with Gasteiger partial charge in [-0.05, 0) is 31.0 Å². The number of aromatic amines is 1. The molecule has 1 saturated heterocycles. The van der Waals surface area contributed by atoms with Crippen molar-refractivity contribution >= 4 is 11.6 Å². The molecule has 0 radical (unpaired) electrons. The highest BCUT2D eigenvalue weighted by Gasteiger charge is 2.21. The van der Waals surface area contributed by atoms with Gasteiger partial charge in [-0.1, -0.05) is 17.7 Å². The van der Waals surface area contributed by atoms with Crippen molar-refractivity contribution in [1.29, 1.82) is 0 Å². The van der Waals surface area contributed by atoms with Gasteiger partial charge in [0, 0.05) is 37.0 Å². The predicted molar refractivity (Wildman–Crippen MR) is 91.5 cm³/mol. The summed E-state index contributed by atoms with van der Waals surface area (Å²) in [6, 6.07) is 5.47. The topological polar surface area (TPSA) is 45.3 Å². The maximum Gasteiger partial charge on any atom is 0.252 e. The third-order valence-corrected chi connectivity index (χ3v) is 4.62. The summed E-state index contributed by atoms with van der Waals surface area (Å²) in [6.45, 7) is 1.94. The molecular formula is C18H19ClF2N2O2. The fraction of sp³-hybridized carbons (Fsp3) is 0.389. The molecule has 0 unspecified atom stereocenters. The number of hydrogen-bond donors (Lipinski definition) is 1. The Balaban J connectivity index is 1.50. The van der Waals surface area contributed by atoms with Crippen LogP contribution in [0, 0.1) is 11.6 Å². The number of H-pyrrole nitrogens is 1. The van der Waals surface area contributed by atoms with E-state index < -0.39 is 11.6 Å². The molecule has 0 saturated carbocycles. The third-order valence-electron chi connectivity index (χ3n) is 4.40. The van der Waals surface area contributed by atoms with Gasteiger partial charge in [-0.25, -0.2) is 8.78 Å². The summed E-state index contributed by atoms with van der Waals surface area (Å²) in [4.78, 5) is 16.5. The first-order valence-electron chi connectivity index (χ1n) is 8.17. The number of ether oxygens (including phenoxy) is 1. The summed E-state index contributed by atoms with van der Waals surface area (Å²) >= 11 is 5.91. The first-order chi connectivity index (χ1) is 12.0. The van der Waals surface area contributed by atoms with Gasteiger partial charge in [0.2, 0.25) is 0 Å². The lowest BCUT2D eigenvalue weighted by Gasteiger charge is -2.31. The summed E-state index contributed by atoms with van der Waals surface area (Å²) in [6.07, 6.45) is 2.91. The highest BCUT2D eigenvalue weighted by atomic mass is 35.5. The molecule has 0 aliphatic carbocycles. The number of piperidine rings is 1. The maximum absolute atomic E-state index is 13.6. The Bertz CT molecular complexity index is 769. The van der Waals surface area contributed by atoms with Gasteiger partial charge < -0.3 is 9.72 Å². The first-order valence-corrected chi connectivity index (χ1v) is 8.54. The van der Waals surface area contributed by atoms with Crippen LogP contribution in [0.1, 0.15) is 24.0 Å². The van der Waals surface area contributed by atoms with E-state index in [9.17, 15) is 13.6 Å². The van der Waals surface area contributed by atoms with Crippen molar-refractivity contribution in [2.45, 2.75) is 32.1 Å². The summed E-state index contributed by atoms with van der Waals surface area (Å²) in [5, 5.41) is 0.500. The molecule has 0 atom stereocenters. The lowest BCUT2D eigenvalue weighted by Crippen LogP contribution is -2.37. The highest BCUT2D eigenvalue weighted by molar-refractivity contribution is 6.30. The van der Waals surface area contributed by atoms with Gasteiger partial charge in [-0.15, -0.1) is 0 Å². The Hall–Kier alpha value is -1.76. The summed E-state index contributed by atoms with van der Waals surface area (Å²) < 4.78 is 32.9. The van der Waals surface area contributed by atoms with Gasteiger partial charge in [0.05, 0.1) is 17.7 Å². The van der Waals surface area contributed by atoms with Crippen LogP contribution in [0.5, 0.6) is 0 Å². The maximum atomic E-state index is 13.6. The van der Waals surface area contributed by atoms with E-state index in [1.165, 1.54) is 24.4 Å². The lowest BCUT2D eigenvalue weighted by molar-refractivity contribution is -0.00607. The fourth-order valence-corrected chi connectivity index (χ4v) is 3.15. The molecule has 2 heterocycles. The van der Waals surface area contributed by atoms with E-state index in [1.54, 1.807) is 6.07 Å². The van der Waals surface area contributed by atoms with Crippen LogP contribution in [-0.2, 0) is 17.9 Å². The smallest absolute Gasteiger partial charge is 0.252 e. The number of hydrogen-bond acceptors (Lipinski definition) is 3. The molecule has 7 heteroatoms. The van der Waals surface area contributed by atoms with Crippen molar-refractivity contribution < 1.29 is 13.5 Å². The Kier molecular flexibility index (Phi) is 5.83. The Morgan fingerprint density at radius 1 is 1.24 bits per heavy atom. The molecule has 1 aromatic carbocycles. The summed E-state index contributed by atoms with van der Waals surface area (Å²) in [5.41, 5.74) is 0.452. The first kappa shape index (κ1) is 18.0. The summed E-state index contributed by atoms with van der Waals surface area (Å²) in [5.74, 6) is -1.17. The van der Waals surface area contributed by atoms with Gasteiger partial charge >= 0.3 is 0 Å². The second kappa shape index (κ2) is 8.08. The molecule has 2 aromatic rings. The van der Waals surface area contributed by atoms with Crippen LogP contribution in [-0.4, -0.2) is 29.1 Å². The van der Waals surface area contributed by atoms with Crippen molar-refractivity contribution in [2.75, 3.05) is 13.1 Å². The number of rotatable bonds is 5. The molecule has 134 valence electrons. The number of halogens is 3. The molecule has 25 heavy (non-hydrogen) atoms. The van der Waals surface area contributed by atoms with Gasteiger partial charge in [0.1, 0.15) is 11.6 Å². The van der Waals surface area contributed by atoms with E-state index in [4.69, 9.17) is 16.3 Å². The second-order valence-corrected chi connectivity index (χ2v) is 6.60. The molecule has 1 aliphatic heterocycles. The van der Waals surface area contributed by atoms with Gasteiger partial charge in [-0.2, -0.15) is 0 Å². The normalized spacial score (nSPS) is 16.3. The monoisotopic (exact) mass is 368 g/mol. The van der Waals surface area contributed by atoms with Crippen LogP contribution < -0.4 is 5.56 Å². The Morgan fingerprint density at radius 3 is 2.60 bits per heavy atom. The third kappa shape index (κ3) is 4.66. The van der Waals surface area contributed by atoms with Gasteiger partial charge in [0.15, 0.2) is 0 Å². The van der Waals surface area contributed by atoms with Gasteiger partial charge in [-0.3, -0.25) is 9.69 Å². The van der Waals surface area contributed by atoms with E-state index in [1.807, 2.05) is 0 Å². The van der Waals surface area contributed by atoms with Crippen molar-refractivity contribution in [3.8, 4) is 0 Å². The number of likely N-dealkylation sites (tertiary alicyclic amines) is 1. The predicted octanol–water partition coefficient (Wildman–Crippen LogP) is 3.49. The minimum Gasteiger partial charge on any atom is -0.373 e. The van der Waals surface area contributed by atoms with Crippen LogP contribution >= 0.6 is 11.6 Å². The molecule has 1 fully saturated rings. The molecule has 1 aromatic heterocycles. The zero-order valence-electron chi connectivity index (χ0n) is 13.6. The van der Waals surface area contributed by atoms with Gasteiger partial charge in [0.25, 0.3) is 5.56 Å². The van der Waals surface area contributed by atoms with Crippen LogP contribution in [0.15, 0.2) is 35.3 Å². The van der Waals surface area contributed by atoms with Crippen molar-refractivity contribution in [3.63, 3.8) is 0 Å². The average Bonchev–Trinajstić information content (AvgIpc) is 2.59. The number of nitrogens with zero attached hydrogens (tertiary/aromatic N) is 1. The minimum atomic E-state index is -0.586. The van der Waals surface area contributed by atoms with E-state index >= 15 is 0 Å². The number of benzene rings is 1. The molecule has 0 amide bonds. The largest absolute Gasteiger partial charge is 0.373 e. The zero-order chi connectivity index (χ0) is 17.8. The molecule has 4 nitrogen and oxygen atoms in total. The Labute approximate surface area is 149 Å². The molecule has 3 rings (SSSR count). The van der Waals surface area contributed by atoms with Crippen molar-refractivity contribution in [3.05, 3.63) is 68.6 Å². The van der Waals surface area contributed by atoms with Crippen LogP contribution in [0.4, 0.5) is 8.78 Å². The van der Waals surface area contributed by atoms with E-state index in [0.29, 0.717) is 17.1 Å². The molecule has 1 aliphatic rings. The van der Waals surface area contributed by atoms with E-state index in [-0.39, 0.29) is 23.8 Å².